The summed E-state index contributed by atoms with van der Waals surface area (Å²) in [5, 5.41) is 2.88. The molecule has 1 aliphatic carbocycles. The third-order valence-electron chi connectivity index (χ3n) is 5.75. The largest absolute Gasteiger partial charge is 0.495 e. The summed E-state index contributed by atoms with van der Waals surface area (Å²) in [6.45, 7) is 3.90. The quantitative estimate of drug-likeness (QED) is 0.842. The lowest BCUT2D eigenvalue weighted by molar-refractivity contribution is -0.137. The Balaban J connectivity index is 1.68. The van der Waals surface area contributed by atoms with Gasteiger partial charge in [-0.15, -0.1) is 0 Å². The lowest BCUT2D eigenvalue weighted by atomic mass is 10.0. The molecule has 3 aliphatic rings. The van der Waals surface area contributed by atoms with Crippen LogP contribution in [0.5, 0.6) is 5.75 Å². The zero-order chi connectivity index (χ0) is 19.4. The molecule has 1 spiro atoms. The van der Waals surface area contributed by atoms with E-state index < -0.39 is 21.3 Å². The first-order chi connectivity index (χ1) is 12.7. The van der Waals surface area contributed by atoms with Crippen LogP contribution in [-0.4, -0.2) is 50.2 Å². The number of hydrogen-bond acceptors (Lipinski definition) is 5. The van der Waals surface area contributed by atoms with Gasteiger partial charge in [0.05, 0.1) is 13.7 Å². The highest BCUT2D eigenvalue weighted by Crippen LogP contribution is 2.38. The van der Waals surface area contributed by atoms with E-state index in [9.17, 15) is 13.2 Å². The van der Waals surface area contributed by atoms with Gasteiger partial charge in [-0.25, -0.2) is 8.42 Å². The van der Waals surface area contributed by atoms with Crippen LogP contribution in [0.1, 0.15) is 44.2 Å². The Kier molecular flexibility index (Phi) is 4.29. The van der Waals surface area contributed by atoms with Gasteiger partial charge in [0.15, 0.2) is 5.72 Å². The molecule has 0 radical (unpaired) electrons. The molecule has 148 valence electrons. The van der Waals surface area contributed by atoms with Gasteiger partial charge >= 0.3 is 0 Å². The summed E-state index contributed by atoms with van der Waals surface area (Å²) in [5.41, 5.74) is 0.315. The van der Waals surface area contributed by atoms with Crippen molar-refractivity contribution in [1.82, 2.24) is 9.62 Å². The maximum atomic E-state index is 13.4. The Hall–Kier alpha value is -1.64. The second kappa shape index (κ2) is 6.18. The highest BCUT2D eigenvalue weighted by molar-refractivity contribution is 7.89. The maximum Gasteiger partial charge on any atom is 0.254 e. The van der Waals surface area contributed by atoms with E-state index in [2.05, 4.69) is 5.32 Å². The van der Waals surface area contributed by atoms with Gasteiger partial charge in [-0.1, -0.05) is 0 Å². The highest BCUT2D eigenvalue weighted by atomic mass is 32.2. The second-order valence-electron chi connectivity index (χ2n) is 8.13. The number of piperidine rings is 1. The molecule has 7 nitrogen and oxygen atoms in total. The number of benzene rings is 1. The fourth-order valence-electron chi connectivity index (χ4n) is 4.37. The van der Waals surface area contributed by atoms with Gasteiger partial charge in [0.25, 0.3) is 5.91 Å². The Morgan fingerprint density at radius 2 is 1.89 bits per heavy atom. The minimum absolute atomic E-state index is 0.102. The molecule has 1 aromatic carbocycles. The molecule has 2 aliphatic heterocycles. The van der Waals surface area contributed by atoms with Crippen molar-refractivity contribution in [2.24, 2.45) is 0 Å². The molecular formula is C19H26N2O5S. The Labute approximate surface area is 160 Å². The number of fused-ring (bicyclic) bond motifs is 1. The molecule has 2 saturated heterocycles. The molecular weight excluding hydrogens is 368 g/mol. The third-order valence-corrected chi connectivity index (χ3v) is 7.62. The molecule has 1 N–H and O–H groups in total. The van der Waals surface area contributed by atoms with Crippen molar-refractivity contribution in [3.05, 3.63) is 23.3 Å². The molecule has 1 atom stereocenters. The molecule has 1 unspecified atom stereocenters. The van der Waals surface area contributed by atoms with Gasteiger partial charge in [-0.05, 0) is 69.2 Å². The molecule has 2 heterocycles. The highest BCUT2D eigenvalue weighted by Gasteiger charge is 2.53. The van der Waals surface area contributed by atoms with Crippen LogP contribution in [0.4, 0.5) is 0 Å². The van der Waals surface area contributed by atoms with E-state index in [1.807, 2.05) is 6.07 Å². The minimum atomic E-state index is -3.77. The van der Waals surface area contributed by atoms with Crippen molar-refractivity contribution in [1.29, 1.82) is 0 Å². The fourth-order valence-corrected chi connectivity index (χ4v) is 6.09. The predicted molar refractivity (Wildman–Crippen MR) is 99.0 cm³/mol. The van der Waals surface area contributed by atoms with Gasteiger partial charge in [0.1, 0.15) is 16.2 Å². The summed E-state index contributed by atoms with van der Waals surface area (Å²) in [5.74, 6) is 0.170. The number of sulfonamides is 1. The SMILES string of the molecule is COc1cc2c(cc1S(=O)(=O)N1CCCC3(C1)NC(=O)C(C)(C)O3)CCC2. The van der Waals surface area contributed by atoms with E-state index in [1.165, 1.54) is 11.4 Å². The molecule has 0 aromatic heterocycles. The summed E-state index contributed by atoms with van der Waals surface area (Å²) in [6.07, 6.45) is 4.08. The monoisotopic (exact) mass is 394 g/mol. The normalized spacial score (nSPS) is 27.6. The van der Waals surface area contributed by atoms with Crippen LogP contribution in [0.2, 0.25) is 0 Å². The van der Waals surface area contributed by atoms with E-state index in [0.29, 0.717) is 25.1 Å². The van der Waals surface area contributed by atoms with Crippen molar-refractivity contribution >= 4 is 15.9 Å². The first-order valence-corrected chi connectivity index (χ1v) is 10.8. The van der Waals surface area contributed by atoms with Gasteiger partial charge in [-0.2, -0.15) is 4.31 Å². The zero-order valence-corrected chi connectivity index (χ0v) is 16.8. The number of hydrogen-bond donors (Lipinski definition) is 1. The molecule has 4 rings (SSSR count). The number of carbonyl (C=O) groups is 1. The Bertz CT molecular complexity index is 896. The third kappa shape index (κ3) is 3.03. The molecule has 1 aromatic rings. The first-order valence-electron chi connectivity index (χ1n) is 9.40. The van der Waals surface area contributed by atoms with E-state index in [1.54, 1.807) is 19.9 Å². The number of ether oxygens (including phenoxy) is 2. The average Bonchev–Trinajstić information content (AvgIpc) is 3.15. The molecule has 8 heteroatoms. The van der Waals surface area contributed by atoms with Crippen LogP contribution in [0.25, 0.3) is 0 Å². The lowest BCUT2D eigenvalue weighted by Gasteiger charge is -2.39. The fraction of sp³-hybridized carbons (Fsp3) is 0.632. The maximum absolute atomic E-state index is 13.4. The topological polar surface area (TPSA) is 84.9 Å². The summed E-state index contributed by atoms with van der Waals surface area (Å²) in [7, 11) is -2.27. The van der Waals surface area contributed by atoms with Gasteiger partial charge in [0.2, 0.25) is 10.0 Å². The van der Waals surface area contributed by atoms with Crippen LogP contribution in [0.15, 0.2) is 17.0 Å². The van der Waals surface area contributed by atoms with Crippen LogP contribution >= 0.6 is 0 Å². The van der Waals surface area contributed by atoms with Crippen LogP contribution < -0.4 is 10.1 Å². The summed E-state index contributed by atoms with van der Waals surface area (Å²) < 4.78 is 39.7. The molecule has 27 heavy (non-hydrogen) atoms. The molecule has 1 amide bonds. The van der Waals surface area contributed by atoms with Gasteiger partial charge in [-0.3, -0.25) is 4.79 Å². The van der Waals surface area contributed by atoms with Crippen molar-refractivity contribution in [3.8, 4) is 5.75 Å². The number of nitrogens with zero attached hydrogens (tertiary/aromatic N) is 1. The average molecular weight is 394 g/mol. The van der Waals surface area contributed by atoms with Crippen molar-refractivity contribution in [3.63, 3.8) is 0 Å². The van der Waals surface area contributed by atoms with Crippen molar-refractivity contribution in [2.45, 2.75) is 62.2 Å². The summed E-state index contributed by atoms with van der Waals surface area (Å²) >= 11 is 0. The number of amides is 1. The van der Waals surface area contributed by atoms with E-state index in [4.69, 9.17) is 9.47 Å². The predicted octanol–water partition coefficient (Wildman–Crippen LogP) is 1.59. The standard InChI is InChI=1S/C19H26N2O5S/c1-18(2)17(22)20-19(26-18)8-5-9-21(12-19)27(23,24)16-11-14-7-4-6-13(14)10-15(16)25-3/h10-11H,4-9,12H2,1-3H3,(H,20,22). The number of carbonyl (C=O) groups excluding carboxylic acids is 1. The van der Waals surface area contributed by atoms with Gasteiger partial charge < -0.3 is 14.8 Å². The summed E-state index contributed by atoms with van der Waals surface area (Å²) in [6, 6.07) is 3.61. The first kappa shape index (κ1) is 18.7. The number of aryl methyl sites for hydroxylation is 2. The zero-order valence-electron chi connectivity index (χ0n) is 16.0. The lowest BCUT2D eigenvalue weighted by Crippen LogP contribution is -2.56. The minimum Gasteiger partial charge on any atom is -0.495 e. The van der Waals surface area contributed by atoms with Gasteiger partial charge in [0, 0.05) is 6.54 Å². The van der Waals surface area contributed by atoms with Crippen LogP contribution in [0, 0.1) is 0 Å². The van der Waals surface area contributed by atoms with E-state index in [0.717, 1.165) is 30.4 Å². The smallest absolute Gasteiger partial charge is 0.254 e. The van der Waals surface area contributed by atoms with E-state index in [-0.39, 0.29) is 17.3 Å². The van der Waals surface area contributed by atoms with Crippen molar-refractivity contribution in [2.75, 3.05) is 20.2 Å². The Morgan fingerprint density at radius 1 is 1.19 bits per heavy atom. The number of nitrogens with one attached hydrogen (secondary N) is 1. The Morgan fingerprint density at radius 3 is 2.52 bits per heavy atom. The van der Waals surface area contributed by atoms with Crippen LogP contribution in [0.3, 0.4) is 0 Å². The number of rotatable bonds is 3. The van der Waals surface area contributed by atoms with E-state index >= 15 is 0 Å². The summed E-state index contributed by atoms with van der Waals surface area (Å²) in [4.78, 5) is 12.4. The second-order valence-corrected chi connectivity index (χ2v) is 10.0. The number of methoxy groups -OCH3 is 1. The van der Waals surface area contributed by atoms with Crippen molar-refractivity contribution < 1.29 is 22.7 Å². The molecule has 0 saturated carbocycles. The molecule has 2 fully saturated rings. The van der Waals surface area contributed by atoms with Crippen LogP contribution in [-0.2, 0) is 32.4 Å². The molecule has 0 bridgehead atoms.